The van der Waals surface area contributed by atoms with E-state index in [1.54, 1.807) is 0 Å². The number of rotatable bonds is 3. The summed E-state index contributed by atoms with van der Waals surface area (Å²) in [6, 6.07) is 10.6. The largest absolute Gasteiger partial charge is 0.331 e. The van der Waals surface area contributed by atoms with E-state index in [1.165, 1.54) is 11.9 Å². The number of aromatic nitrogens is 3. The summed E-state index contributed by atoms with van der Waals surface area (Å²) in [4.78, 5) is 18.9. The molecule has 134 valence electrons. The van der Waals surface area contributed by atoms with Crippen LogP contribution < -0.4 is 5.32 Å². The number of benzene rings is 1. The molecule has 0 saturated carbocycles. The van der Waals surface area contributed by atoms with Crippen molar-refractivity contribution in [2.75, 3.05) is 6.54 Å². The molecule has 2 atom stereocenters. The predicted octanol–water partition coefficient (Wildman–Crippen LogP) is 3.12. The molecular weight excluding hydrogens is 314 g/mol. The van der Waals surface area contributed by atoms with Crippen LogP contribution in [-0.4, -0.2) is 38.3 Å². The molecule has 1 N–H and O–H groups in total. The quantitative estimate of drug-likeness (QED) is 0.933. The standard InChI is InChI=1S/C19H27N5O/c1-14-16(15-8-6-5-7-9-15)10-11-23(14)18(25)20-12-17-21-13-22-24(17)19(2,3)4/h5-9,13-14,16H,10-12H2,1-4H3,(H,20,25)/t14-,16-/m1/s1. The van der Waals surface area contributed by atoms with Crippen molar-refractivity contribution in [2.24, 2.45) is 0 Å². The normalized spacial score (nSPS) is 20.7. The highest BCUT2D eigenvalue weighted by Crippen LogP contribution is 2.33. The Morgan fingerprint density at radius 3 is 2.68 bits per heavy atom. The molecule has 1 saturated heterocycles. The van der Waals surface area contributed by atoms with Gasteiger partial charge in [-0.1, -0.05) is 30.3 Å². The van der Waals surface area contributed by atoms with Gasteiger partial charge in [-0.15, -0.1) is 0 Å². The third-order valence-electron chi connectivity index (χ3n) is 4.90. The maximum Gasteiger partial charge on any atom is 0.318 e. The second-order valence-electron chi connectivity index (χ2n) is 7.66. The Bertz CT molecular complexity index is 719. The maximum absolute atomic E-state index is 12.6. The van der Waals surface area contributed by atoms with Crippen LogP contribution in [0.5, 0.6) is 0 Å². The lowest BCUT2D eigenvalue weighted by molar-refractivity contribution is 0.193. The highest BCUT2D eigenvalue weighted by atomic mass is 16.2. The van der Waals surface area contributed by atoms with Gasteiger partial charge in [-0.25, -0.2) is 14.5 Å². The van der Waals surface area contributed by atoms with Crippen LogP contribution in [-0.2, 0) is 12.1 Å². The van der Waals surface area contributed by atoms with E-state index >= 15 is 0 Å². The topological polar surface area (TPSA) is 63.1 Å². The first-order chi connectivity index (χ1) is 11.9. The number of carbonyl (C=O) groups excluding carboxylic acids is 1. The average molecular weight is 341 g/mol. The zero-order valence-corrected chi connectivity index (χ0v) is 15.4. The molecule has 1 aromatic heterocycles. The Balaban J connectivity index is 1.62. The van der Waals surface area contributed by atoms with E-state index in [0.29, 0.717) is 12.5 Å². The summed E-state index contributed by atoms with van der Waals surface area (Å²) in [5.74, 6) is 1.16. The third kappa shape index (κ3) is 3.67. The first-order valence-electron chi connectivity index (χ1n) is 8.86. The van der Waals surface area contributed by atoms with Gasteiger partial charge >= 0.3 is 6.03 Å². The van der Waals surface area contributed by atoms with E-state index in [-0.39, 0.29) is 17.6 Å². The van der Waals surface area contributed by atoms with Crippen LogP contribution in [0, 0.1) is 0 Å². The van der Waals surface area contributed by atoms with Gasteiger partial charge in [0, 0.05) is 18.5 Å². The summed E-state index contributed by atoms with van der Waals surface area (Å²) in [5.41, 5.74) is 1.15. The smallest absolute Gasteiger partial charge is 0.318 e. The summed E-state index contributed by atoms with van der Waals surface area (Å²) in [5, 5.41) is 7.28. The molecule has 2 aromatic rings. The van der Waals surface area contributed by atoms with E-state index in [2.05, 4.69) is 67.4 Å². The highest BCUT2D eigenvalue weighted by Gasteiger charge is 2.34. The van der Waals surface area contributed by atoms with Crippen LogP contribution in [0.15, 0.2) is 36.7 Å². The molecule has 1 aromatic carbocycles. The van der Waals surface area contributed by atoms with E-state index in [1.807, 2.05) is 15.6 Å². The fraction of sp³-hybridized carbons (Fsp3) is 0.526. The van der Waals surface area contributed by atoms with Gasteiger partial charge in [0.25, 0.3) is 0 Å². The van der Waals surface area contributed by atoms with E-state index in [0.717, 1.165) is 18.8 Å². The Labute approximate surface area is 149 Å². The summed E-state index contributed by atoms with van der Waals surface area (Å²) in [6.07, 6.45) is 2.54. The second kappa shape index (κ2) is 6.86. The van der Waals surface area contributed by atoms with Crippen LogP contribution in [0.25, 0.3) is 0 Å². The van der Waals surface area contributed by atoms with Crippen molar-refractivity contribution < 1.29 is 4.79 Å². The van der Waals surface area contributed by atoms with Crippen LogP contribution in [0.2, 0.25) is 0 Å². The first-order valence-corrected chi connectivity index (χ1v) is 8.86. The number of nitrogens with zero attached hydrogens (tertiary/aromatic N) is 4. The van der Waals surface area contributed by atoms with Crippen molar-refractivity contribution >= 4 is 6.03 Å². The number of urea groups is 1. The van der Waals surface area contributed by atoms with E-state index in [9.17, 15) is 4.79 Å². The zero-order valence-electron chi connectivity index (χ0n) is 15.4. The van der Waals surface area contributed by atoms with Crippen molar-refractivity contribution in [3.63, 3.8) is 0 Å². The molecule has 25 heavy (non-hydrogen) atoms. The number of hydrogen-bond acceptors (Lipinski definition) is 3. The monoisotopic (exact) mass is 341 g/mol. The van der Waals surface area contributed by atoms with Crippen molar-refractivity contribution in [1.29, 1.82) is 0 Å². The Hall–Kier alpha value is -2.37. The van der Waals surface area contributed by atoms with Gasteiger partial charge in [0.2, 0.25) is 0 Å². The molecule has 0 unspecified atom stereocenters. The molecular formula is C19H27N5O. The molecule has 6 nitrogen and oxygen atoms in total. The van der Waals surface area contributed by atoms with Gasteiger partial charge in [0.15, 0.2) is 0 Å². The van der Waals surface area contributed by atoms with Gasteiger partial charge in [0.1, 0.15) is 12.2 Å². The van der Waals surface area contributed by atoms with E-state index in [4.69, 9.17) is 0 Å². The molecule has 0 radical (unpaired) electrons. The lowest BCUT2D eigenvalue weighted by Gasteiger charge is -2.26. The minimum absolute atomic E-state index is 0.0330. The van der Waals surface area contributed by atoms with Crippen LogP contribution in [0.4, 0.5) is 4.79 Å². The van der Waals surface area contributed by atoms with Gasteiger partial charge in [0.05, 0.1) is 12.1 Å². The molecule has 0 spiro atoms. The fourth-order valence-electron chi connectivity index (χ4n) is 3.57. The molecule has 6 heteroatoms. The minimum atomic E-state index is -0.157. The molecule has 1 fully saturated rings. The van der Waals surface area contributed by atoms with Gasteiger partial charge in [-0.05, 0) is 39.7 Å². The van der Waals surface area contributed by atoms with Crippen LogP contribution in [0.1, 0.15) is 51.4 Å². The molecule has 2 heterocycles. The van der Waals surface area contributed by atoms with Gasteiger partial charge in [-0.3, -0.25) is 0 Å². The fourth-order valence-corrected chi connectivity index (χ4v) is 3.57. The van der Waals surface area contributed by atoms with Crippen molar-refractivity contribution in [1.82, 2.24) is 25.0 Å². The van der Waals surface area contributed by atoms with Gasteiger partial charge < -0.3 is 10.2 Å². The molecule has 1 aliphatic rings. The molecule has 3 rings (SSSR count). The van der Waals surface area contributed by atoms with Gasteiger partial charge in [-0.2, -0.15) is 5.10 Å². The Morgan fingerprint density at radius 2 is 2.00 bits per heavy atom. The Kier molecular flexibility index (Phi) is 4.79. The number of likely N-dealkylation sites (tertiary alicyclic amines) is 1. The molecule has 1 aliphatic heterocycles. The number of carbonyl (C=O) groups is 1. The van der Waals surface area contributed by atoms with E-state index < -0.39 is 0 Å². The third-order valence-corrected chi connectivity index (χ3v) is 4.90. The molecule has 2 amide bonds. The minimum Gasteiger partial charge on any atom is -0.331 e. The van der Waals surface area contributed by atoms with Crippen molar-refractivity contribution in [3.05, 3.63) is 48.0 Å². The molecule has 0 aliphatic carbocycles. The lowest BCUT2D eigenvalue weighted by atomic mass is 9.93. The number of hydrogen-bond donors (Lipinski definition) is 1. The first kappa shape index (κ1) is 17.5. The second-order valence-corrected chi connectivity index (χ2v) is 7.66. The summed E-state index contributed by atoms with van der Waals surface area (Å²) < 4.78 is 1.85. The predicted molar refractivity (Wildman–Crippen MR) is 97.2 cm³/mol. The average Bonchev–Trinajstić information content (AvgIpc) is 3.19. The number of amides is 2. The zero-order chi connectivity index (χ0) is 18.0. The Morgan fingerprint density at radius 1 is 1.28 bits per heavy atom. The van der Waals surface area contributed by atoms with Crippen LogP contribution in [0.3, 0.4) is 0 Å². The van der Waals surface area contributed by atoms with Crippen molar-refractivity contribution in [2.45, 2.75) is 58.2 Å². The number of nitrogens with one attached hydrogen (secondary N) is 1. The maximum atomic E-state index is 12.6. The lowest BCUT2D eigenvalue weighted by Crippen LogP contribution is -2.43. The van der Waals surface area contributed by atoms with Crippen molar-refractivity contribution in [3.8, 4) is 0 Å². The summed E-state index contributed by atoms with van der Waals surface area (Å²) in [6.45, 7) is 9.50. The SMILES string of the molecule is C[C@@H]1[C@H](c2ccccc2)CCN1C(=O)NCc1ncnn1C(C)(C)C. The highest BCUT2D eigenvalue weighted by molar-refractivity contribution is 5.75. The molecule has 0 bridgehead atoms. The summed E-state index contributed by atoms with van der Waals surface area (Å²) in [7, 11) is 0. The van der Waals surface area contributed by atoms with Crippen LogP contribution >= 0.6 is 0 Å². The summed E-state index contributed by atoms with van der Waals surface area (Å²) >= 11 is 0.